The third kappa shape index (κ3) is 4.92. The monoisotopic (exact) mass is 375 g/mol. The number of carboxylic acids is 1. The molecule has 0 radical (unpaired) electrons. The second-order valence-electron chi connectivity index (χ2n) is 5.85. The molecular formula is C19H21NO5S. The van der Waals surface area contributed by atoms with E-state index in [-0.39, 0.29) is 22.8 Å². The fourth-order valence-corrected chi connectivity index (χ4v) is 4.03. The Kier molecular flexibility index (Phi) is 6.52. The van der Waals surface area contributed by atoms with Crippen molar-refractivity contribution in [1.29, 1.82) is 0 Å². The molecule has 0 saturated heterocycles. The van der Waals surface area contributed by atoms with Crippen molar-refractivity contribution in [2.24, 2.45) is 0 Å². The molecule has 0 fully saturated rings. The first kappa shape index (κ1) is 19.7. The van der Waals surface area contributed by atoms with E-state index in [1.165, 1.54) is 23.1 Å². The van der Waals surface area contributed by atoms with Gasteiger partial charge in [0.05, 0.1) is 10.6 Å². The minimum absolute atomic E-state index is 0.179. The molecule has 0 aliphatic carbocycles. The first-order valence-electron chi connectivity index (χ1n) is 8.22. The first-order valence-corrected chi connectivity index (χ1v) is 9.87. The highest BCUT2D eigenvalue weighted by molar-refractivity contribution is 7.90. The van der Waals surface area contributed by atoms with Crippen LogP contribution in [-0.4, -0.2) is 43.4 Å². The van der Waals surface area contributed by atoms with Crippen LogP contribution in [0, 0.1) is 0 Å². The number of carbonyl (C=O) groups is 2. The molecule has 1 amide bonds. The number of carboxylic acid groups (broad SMARTS) is 1. The van der Waals surface area contributed by atoms with E-state index in [1.807, 2.05) is 6.92 Å². The third-order valence-corrected chi connectivity index (χ3v) is 5.48. The van der Waals surface area contributed by atoms with Crippen LogP contribution >= 0.6 is 0 Å². The van der Waals surface area contributed by atoms with Crippen molar-refractivity contribution in [1.82, 2.24) is 4.90 Å². The average molecular weight is 375 g/mol. The lowest BCUT2D eigenvalue weighted by Gasteiger charge is -2.21. The van der Waals surface area contributed by atoms with Crippen molar-refractivity contribution >= 4 is 21.7 Å². The minimum atomic E-state index is -3.62. The molecule has 6 nitrogen and oxygen atoms in total. The summed E-state index contributed by atoms with van der Waals surface area (Å²) in [5.41, 5.74) is 0.564. The van der Waals surface area contributed by atoms with Crippen LogP contribution in [0.25, 0.3) is 0 Å². The van der Waals surface area contributed by atoms with E-state index < -0.39 is 28.3 Å². The second kappa shape index (κ2) is 8.62. The summed E-state index contributed by atoms with van der Waals surface area (Å²) in [6.07, 6.45) is 0.601. The van der Waals surface area contributed by atoms with E-state index in [0.717, 1.165) is 0 Å². The molecule has 0 aliphatic heterocycles. The molecule has 0 bridgehead atoms. The van der Waals surface area contributed by atoms with E-state index >= 15 is 0 Å². The maximum atomic E-state index is 12.8. The maximum Gasteiger partial charge on any atom is 0.323 e. The third-order valence-electron chi connectivity index (χ3n) is 3.80. The first-order chi connectivity index (χ1) is 12.3. The molecule has 138 valence electrons. The van der Waals surface area contributed by atoms with Gasteiger partial charge in [-0.15, -0.1) is 0 Å². The van der Waals surface area contributed by atoms with E-state index in [4.69, 9.17) is 5.11 Å². The zero-order chi connectivity index (χ0) is 19.2. The summed E-state index contributed by atoms with van der Waals surface area (Å²) in [4.78, 5) is 25.2. The van der Waals surface area contributed by atoms with Crippen molar-refractivity contribution in [2.45, 2.75) is 24.0 Å². The van der Waals surface area contributed by atoms with E-state index in [9.17, 15) is 18.0 Å². The minimum Gasteiger partial charge on any atom is -0.480 e. The lowest BCUT2D eigenvalue weighted by molar-refractivity contribution is -0.137. The Morgan fingerprint density at radius 1 is 1.00 bits per heavy atom. The van der Waals surface area contributed by atoms with Gasteiger partial charge in [0.15, 0.2) is 9.84 Å². The van der Waals surface area contributed by atoms with E-state index in [2.05, 4.69) is 0 Å². The topological polar surface area (TPSA) is 91.8 Å². The van der Waals surface area contributed by atoms with Crippen LogP contribution in [-0.2, 0) is 20.4 Å². The van der Waals surface area contributed by atoms with Gasteiger partial charge < -0.3 is 10.0 Å². The number of benzene rings is 2. The van der Waals surface area contributed by atoms with Crippen LogP contribution in [0.15, 0.2) is 59.5 Å². The molecule has 0 saturated carbocycles. The SMILES string of the molecule is CCCN(CC(=O)O)C(=O)c1ccccc1CS(=O)(=O)c1ccccc1. The lowest BCUT2D eigenvalue weighted by Crippen LogP contribution is -2.36. The second-order valence-corrected chi connectivity index (χ2v) is 7.84. The standard InChI is InChI=1S/C19H21NO5S/c1-2-12-20(13-18(21)22)19(23)17-11-7-6-8-15(17)14-26(24,25)16-9-4-3-5-10-16/h3-11H,2,12-14H2,1H3,(H,21,22). The number of amides is 1. The fraction of sp³-hybridized carbons (Fsp3) is 0.263. The molecule has 1 N–H and O–H groups in total. The highest BCUT2D eigenvalue weighted by atomic mass is 32.2. The van der Waals surface area contributed by atoms with Crippen molar-refractivity contribution in [3.05, 3.63) is 65.7 Å². The highest BCUT2D eigenvalue weighted by Crippen LogP contribution is 2.20. The Morgan fingerprint density at radius 2 is 1.62 bits per heavy atom. The van der Waals surface area contributed by atoms with Crippen molar-refractivity contribution in [3.63, 3.8) is 0 Å². The number of hydrogen-bond donors (Lipinski definition) is 1. The molecule has 0 aromatic heterocycles. The maximum absolute atomic E-state index is 12.8. The predicted octanol–water partition coefficient (Wildman–Crippen LogP) is 2.60. The van der Waals surface area contributed by atoms with Crippen LogP contribution in [0.5, 0.6) is 0 Å². The molecule has 26 heavy (non-hydrogen) atoms. The summed E-state index contributed by atoms with van der Waals surface area (Å²) in [6, 6.07) is 14.4. The van der Waals surface area contributed by atoms with E-state index in [0.29, 0.717) is 12.0 Å². The molecule has 0 aliphatic rings. The molecule has 0 atom stereocenters. The number of sulfone groups is 1. The number of nitrogens with zero attached hydrogens (tertiary/aromatic N) is 1. The Labute approximate surface area is 153 Å². The number of aliphatic carboxylic acids is 1. The molecule has 0 spiro atoms. The van der Waals surface area contributed by atoms with Gasteiger partial charge in [-0.1, -0.05) is 43.3 Å². The fourth-order valence-electron chi connectivity index (χ4n) is 2.63. The Morgan fingerprint density at radius 3 is 2.23 bits per heavy atom. The quantitative estimate of drug-likeness (QED) is 0.766. The summed E-state index contributed by atoms with van der Waals surface area (Å²) in [6.45, 7) is 1.70. The van der Waals surface area contributed by atoms with Gasteiger partial charge in [-0.2, -0.15) is 0 Å². The van der Waals surface area contributed by atoms with Crippen molar-refractivity contribution in [2.75, 3.05) is 13.1 Å². The van der Waals surface area contributed by atoms with Gasteiger partial charge in [-0.3, -0.25) is 9.59 Å². The molecule has 2 rings (SSSR count). The predicted molar refractivity (Wildman–Crippen MR) is 97.6 cm³/mol. The molecular weight excluding hydrogens is 354 g/mol. The zero-order valence-corrected chi connectivity index (χ0v) is 15.3. The van der Waals surface area contributed by atoms with Crippen LogP contribution < -0.4 is 0 Å². The number of carbonyl (C=O) groups excluding carboxylic acids is 1. The molecule has 0 heterocycles. The van der Waals surface area contributed by atoms with Gasteiger partial charge in [-0.25, -0.2) is 8.42 Å². The van der Waals surface area contributed by atoms with Crippen molar-refractivity contribution in [3.8, 4) is 0 Å². The van der Waals surface area contributed by atoms with Gasteiger partial charge in [0, 0.05) is 12.1 Å². The molecule has 2 aromatic rings. The summed E-state index contributed by atoms with van der Waals surface area (Å²) in [7, 11) is -3.62. The van der Waals surface area contributed by atoms with Crippen LogP contribution in [0.3, 0.4) is 0 Å². The smallest absolute Gasteiger partial charge is 0.323 e. The van der Waals surface area contributed by atoms with Crippen LogP contribution in [0.4, 0.5) is 0 Å². The number of rotatable bonds is 8. The largest absolute Gasteiger partial charge is 0.480 e. The molecule has 2 aromatic carbocycles. The lowest BCUT2D eigenvalue weighted by atomic mass is 10.1. The average Bonchev–Trinajstić information content (AvgIpc) is 2.61. The van der Waals surface area contributed by atoms with Gasteiger partial charge >= 0.3 is 5.97 Å². The Hall–Kier alpha value is -2.67. The summed E-state index contributed by atoms with van der Waals surface area (Å²) < 4.78 is 25.3. The summed E-state index contributed by atoms with van der Waals surface area (Å²) in [5, 5.41) is 9.02. The summed E-state index contributed by atoms with van der Waals surface area (Å²) in [5.74, 6) is -1.92. The van der Waals surface area contributed by atoms with Crippen molar-refractivity contribution < 1.29 is 23.1 Å². The zero-order valence-electron chi connectivity index (χ0n) is 14.5. The normalized spacial score (nSPS) is 11.1. The molecule has 7 heteroatoms. The van der Waals surface area contributed by atoms with Gasteiger partial charge in [0.1, 0.15) is 6.54 Å². The van der Waals surface area contributed by atoms with Crippen LogP contribution in [0.1, 0.15) is 29.3 Å². The van der Waals surface area contributed by atoms with Crippen LogP contribution in [0.2, 0.25) is 0 Å². The highest BCUT2D eigenvalue weighted by Gasteiger charge is 2.23. The van der Waals surface area contributed by atoms with E-state index in [1.54, 1.807) is 36.4 Å². The molecule has 0 unspecified atom stereocenters. The van der Waals surface area contributed by atoms with Gasteiger partial charge in [-0.05, 0) is 30.2 Å². The van der Waals surface area contributed by atoms with Gasteiger partial charge in [0.2, 0.25) is 0 Å². The Balaban J connectivity index is 2.35. The number of hydrogen-bond acceptors (Lipinski definition) is 4. The van der Waals surface area contributed by atoms with Gasteiger partial charge in [0.25, 0.3) is 5.91 Å². The Bertz CT molecular complexity index is 878. The summed E-state index contributed by atoms with van der Waals surface area (Å²) >= 11 is 0.